The van der Waals surface area contributed by atoms with Gasteiger partial charge in [-0.3, -0.25) is 5.32 Å². The number of thioether (sulfide) groups is 1. The molecule has 0 saturated carbocycles. The van der Waals surface area contributed by atoms with E-state index in [9.17, 15) is 4.79 Å². The summed E-state index contributed by atoms with van der Waals surface area (Å²) in [5, 5.41) is 14.0. The third-order valence-corrected chi connectivity index (χ3v) is 6.75. The molecule has 4 rings (SSSR count). The van der Waals surface area contributed by atoms with E-state index in [4.69, 9.17) is 9.84 Å². The van der Waals surface area contributed by atoms with Crippen LogP contribution < -0.4 is 20.7 Å². The molecule has 4 aromatic rings. The number of urea groups is 1. The minimum atomic E-state index is -0.357. The van der Waals surface area contributed by atoms with Crippen molar-refractivity contribution in [2.45, 2.75) is 31.1 Å². The summed E-state index contributed by atoms with van der Waals surface area (Å²) in [6.45, 7) is 7.97. The van der Waals surface area contributed by atoms with Crippen LogP contribution in [0.25, 0.3) is 5.69 Å². The van der Waals surface area contributed by atoms with Crippen LogP contribution in [0.1, 0.15) is 26.5 Å². The molecule has 2 amide bonds. The Morgan fingerprint density at radius 3 is 2.45 bits per heavy atom. The number of aromatic nitrogens is 3. The van der Waals surface area contributed by atoms with Crippen LogP contribution in [0.5, 0.6) is 11.5 Å². The van der Waals surface area contributed by atoms with Crippen molar-refractivity contribution in [1.29, 1.82) is 0 Å². The van der Waals surface area contributed by atoms with Gasteiger partial charge >= 0.3 is 6.03 Å². The maximum absolute atomic E-state index is 13.1. The molecule has 0 aliphatic rings. The molecular formula is C30H37N7O2S. The molecule has 0 radical (unpaired) electrons. The number of hydrogen-bond donors (Lipinski definition) is 3. The smallest absolute Gasteiger partial charge is 0.324 e. The van der Waals surface area contributed by atoms with Gasteiger partial charge in [0.05, 0.1) is 17.1 Å². The van der Waals surface area contributed by atoms with Crippen molar-refractivity contribution in [3.8, 4) is 17.2 Å². The van der Waals surface area contributed by atoms with Crippen LogP contribution in [-0.4, -0.2) is 59.1 Å². The molecule has 0 atom stereocenters. The van der Waals surface area contributed by atoms with E-state index in [0.29, 0.717) is 23.0 Å². The van der Waals surface area contributed by atoms with E-state index in [-0.39, 0.29) is 11.4 Å². The van der Waals surface area contributed by atoms with Crippen LogP contribution >= 0.6 is 11.8 Å². The fraction of sp³-hybridized carbons (Fsp3) is 0.300. The summed E-state index contributed by atoms with van der Waals surface area (Å²) in [4.78, 5) is 20.5. The molecule has 2 heterocycles. The molecule has 0 aliphatic heterocycles. The second-order valence-corrected chi connectivity index (χ2v) is 11.4. The van der Waals surface area contributed by atoms with E-state index >= 15 is 0 Å². The summed E-state index contributed by atoms with van der Waals surface area (Å²) in [5.74, 6) is 2.69. The van der Waals surface area contributed by atoms with Gasteiger partial charge in [0.25, 0.3) is 0 Å². The lowest BCUT2D eigenvalue weighted by atomic mass is 9.92. The molecule has 0 spiro atoms. The maximum Gasteiger partial charge on any atom is 0.324 e. The Balaban J connectivity index is 1.47. The van der Waals surface area contributed by atoms with Crippen LogP contribution in [0.4, 0.5) is 22.1 Å². The minimum absolute atomic E-state index is 0.174. The summed E-state index contributed by atoms with van der Waals surface area (Å²) in [5.41, 5.74) is 2.25. The van der Waals surface area contributed by atoms with E-state index in [0.717, 1.165) is 35.2 Å². The molecule has 10 heteroatoms. The number of ether oxygens (including phenoxy) is 1. The average molecular weight is 560 g/mol. The lowest BCUT2D eigenvalue weighted by Gasteiger charge is -2.14. The zero-order valence-corrected chi connectivity index (χ0v) is 24.7. The van der Waals surface area contributed by atoms with Gasteiger partial charge in [-0.25, -0.2) is 14.5 Å². The zero-order valence-electron chi connectivity index (χ0n) is 23.9. The van der Waals surface area contributed by atoms with E-state index in [2.05, 4.69) is 46.6 Å². The SMILES string of the molecule is CSc1cc(Oc2ccnc(NCCN(C)C)c2)ccc1NC(=O)Nc1cc(C(C)(C)C)nn1-c1ccccc1. The number of likely N-dealkylation sites (N-methyl/N-ethyl adjacent to an activating group) is 1. The van der Waals surface area contributed by atoms with Gasteiger partial charge in [-0.1, -0.05) is 39.0 Å². The first kappa shape index (κ1) is 29.0. The van der Waals surface area contributed by atoms with Gasteiger partial charge in [-0.2, -0.15) is 5.10 Å². The van der Waals surface area contributed by atoms with Crippen LogP contribution in [0.2, 0.25) is 0 Å². The highest BCUT2D eigenvalue weighted by atomic mass is 32.2. The Morgan fingerprint density at radius 1 is 1.00 bits per heavy atom. The number of nitrogens with one attached hydrogen (secondary N) is 3. The summed E-state index contributed by atoms with van der Waals surface area (Å²) in [6, 6.07) is 20.6. The molecule has 0 unspecified atom stereocenters. The van der Waals surface area contributed by atoms with Gasteiger partial charge in [0.2, 0.25) is 0 Å². The quantitative estimate of drug-likeness (QED) is 0.186. The lowest BCUT2D eigenvalue weighted by molar-refractivity contribution is 0.262. The normalized spacial score (nSPS) is 11.4. The number of carbonyl (C=O) groups is 1. The van der Waals surface area contributed by atoms with Gasteiger partial charge < -0.3 is 20.3 Å². The van der Waals surface area contributed by atoms with Crippen molar-refractivity contribution in [3.63, 3.8) is 0 Å². The van der Waals surface area contributed by atoms with Gasteiger partial charge in [0.15, 0.2) is 0 Å². The van der Waals surface area contributed by atoms with Gasteiger partial charge in [0, 0.05) is 41.7 Å². The predicted octanol–water partition coefficient (Wildman–Crippen LogP) is 6.70. The van der Waals surface area contributed by atoms with Crippen molar-refractivity contribution >= 4 is 35.1 Å². The fourth-order valence-corrected chi connectivity index (χ4v) is 4.40. The summed E-state index contributed by atoms with van der Waals surface area (Å²) >= 11 is 1.52. The Bertz CT molecular complexity index is 1430. The Kier molecular flexibility index (Phi) is 9.34. The van der Waals surface area contributed by atoms with Crippen molar-refractivity contribution in [2.24, 2.45) is 0 Å². The van der Waals surface area contributed by atoms with Crippen LogP contribution in [0.15, 0.2) is 77.8 Å². The summed E-state index contributed by atoms with van der Waals surface area (Å²) in [6.07, 6.45) is 3.68. The van der Waals surface area contributed by atoms with E-state index in [1.165, 1.54) is 11.8 Å². The Labute approximate surface area is 240 Å². The van der Waals surface area contributed by atoms with Crippen LogP contribution in [0, 0.1) is 0 Å². The number of amides is 2. The zero-order chi connectivity index (χ0) is 28.7. The van der Waals surface area contributed by atoms with Gasteiger partial charge in [0.1, 0.15) is 23.1 Å². The van der Waals surface area contributed by atoms with Crippen molar-refractivity contribution in [1.82, 2.24) is 19.7 Å². The number of carbonyl (C=O) groups excluding carboxylic acids is 1. The highest BCUT2D eigenvalue weighted by Crippen LogP contribution is 2.33. The molecule has 3 N–H and O–H groups in total. The number of nitrogens with zero attached hydrogens (tertiary/aromatic N) is 4. The number of pyridine rings is 1. The average Bonchev–Trinajstić information content (AvgIpc) is 3.34. The third-order valence-electron chi connectivity index (χ3n) is 5.97. The fourth-order valence-electron chi connectivity index (χ4n) is 3.83. The molecule has 0 bridgehead atoms. The highest BCUT2D eigenvalue weighted by molar-refractivity contribution is 7.98. The number of para-hydroxylation sites is 1. The van der Waals surface area contributed by atoms with Gasteiger partial charge in [-0.15, -0.1) is 11.8 Å². The first-order valence-corrected chi connectivity index (χ1v) is 14.3. The van der Waals surface area contributed by atoms with Gasteiger partial charge in [-0.05, 0) is 56.7 Å². The molecular weight excluding hydrogens is 522 g/mol. The second-order valence-electron chi connectivity index (χ2n) is 10.6. The molecule has 210 valence electrons. The Hall–Kier alpha value is -4.02. The predicted molar refractivity (Wildman–Crippen MR) is 164 cm³/mol. The van der Waals surface area contributed by atoms with E-state index < -0.39 is 0 Å². The minimum Gasteiger partial charge on any atom is -0.457 e. The number of hydrogen-bond acceptors (Lipinski definition) is 7. The second kappa shape index (κ2) is 12.9. The van der Waals surface area contributed by atoms with Crippen molar-refractivity contribution in [3.05, 3.63) is 78.6 Å². The number of benzene rings is 2. The monoisotopic (exact) mass is 559 g/mol. The topological polar surface area (TPSA) is 96.3 Å². The molecule has 0 saturated heterocycles. The largest absolute Gasteiger partial charge is 0.457 e. The highest BCUT2D eigenvalue weighted by Gasteiger charge is 2.22. The molecule has 40 heavy (non-hydrogen) atoms. The first-order valence-electron chi connectivity index (χ1n) is 13.1. The molecule has 2 aromatic heterocycles. The van der Waals surface area contributed by atoms with Crippen LogP contribution in [0.3, 0.4) is 0 Å². The molecule has 2 aromatic carbocycles. The third kappa shape index (κ3) is 7.77. The molecule has 0 fully saturated rings. The molecule has 9 nitrogen and oxygen atoms in total. The molecule has 0 aliphatic carbocycles. The summed E-state index contributed by atoms with van der Waals surface area (Å²) in [7, 11) is 4.06. The number of anilines is 3. The maximum atomic E-state index is 13.1. The Morgan fingerprint density at radius 2 is 1.75 bits per heavy atom. The standard InChI is InChI=1S/C30H37N7O2S/c1-30(2,3)26-20-28(37(35-26)21-10-8-7-9-11-21)34-29(38)33-24-13-12-22(18-25(24)40-6)39-23-14-15-31-27(19-23)32-16-17-36(4)5/h7-15,18-20H,16-17H2,1-6H3,(H,31,32)(H2,33,34,38). The number of rotatable bonds is 10. The van der Waals surface area contributed by atoms with Crippen molar-refractivity contribution < 1.29 is 9.53 Å². The lowest BCUT2D eigenvalue weighted by Crippen LogP contribution is -2.21. The van der Waals surface area contributed by atoms with Crippen LogP contribution in [-0.2, 0) is 5.41 Å². The first-order chi connectivity index (χ1) is 19.1. The summed E-state index contributed by atoms with van der Waals surface area (Å²) < 4.78 is 7.86. The van der Waals surface area contributed by atoms with E-state index in [1.807, 2.05) is 87.1 Å². The van der Waals surface area contributed by atoms with E-state index in [1.54, 1.807) is 10.9 Å². The van der Waals surface area contributed by atoms with Crippen molar-refractivity contribution in [2.75, 3.05) is 49.4 Å².